The van der Waals surface area contributed by atoms with Crippen molar-refractivity contribution in [3.8, 4) is 0 Å². The first-order valence-corrected chi connectivity index (χ1v) is 15.7. The maximum Gasteiger partial charge on any atom is 0.322 e. The number of rotatable bonds is 5. The van der Waals surface area contributed by atoms with Crippen molar-refractivity contribution in [3.63, 3.8) is 0 Å². The Balaban J connectivity index is 0.00000336. The Labute approximate surface area is 230 Å². The first-order chi connectivity index (χ1) is 17.7. The second-order valence-electron chi connectivity index (χ2n) is 12.0. The Morgan fingerprint density at radius 3 is 2.54 bits per heavy atom. The molecule has 4 amide bonds. The summed E-state index contributed by atoms with van der Waals surface area (Å²) in [5, 5.41) is 2.73. The molecule has 1 aromatic rings. The van der Waals surface area contributed by atoms with E-state index in [1.54, 1.807) is 11.8 Å². The molecule has 0 aliphatic carbocycles. The Bertz CT molecular complexity index is 1040. The zero-order chi connectivity index (χ0) is 26.2. The molecule has 204 valence electrons. The zero-order valence-corrected chi connectivity index (χ0v) is 24.0. The van der Waals surface area contributed by atoms with Crippen LogP contribution in [0.5, 0.6) is 0 Å². The molecule has 4 heterocycles. The number of carbonyl (C=O) groups is 3. The average Bonchev–Trinajstić information content (AvgIpc) is 3.11. The molecule has 3 saturated heterocycles. The van der Waals surface area contributed by atoms with Gasteiger partial charge in [0.25, 0.3) is 0 Å². The van der Waals surface area contributed by atoms with E-state index < -0.39 is 0 Å². The molecule has 0 bridgehead atoms. The van der Waals surface area contributed by atoms with Gasteiger partial charge in [-0.1, -0.05) is 39.0 Å². The molecule has 3 fully saturated rings. The summed E-state index contributed by atoms with van der Waals surface area (Å²) in [5.41, 5.74) is 2.19. The molecular formula is C28H42N4O3S2. The van der Waals surface area contributed by atoms with Gasteiger partial charge in [-0.3, -0.25) is 9.59 Å². The highest BCUT2D eigenvalue weighted by Gasteiger charge is 2.52. The van der Waals surface area contributed by atoms with Gasteiger partial charge < -0.3 is 20.0 Å². The van der Waals surface area contributed by atoms with Crippen LogP contribution in [0.15, 0.2) is 24.3 Å². The van der Waals surface area contributed by atoms with E-state index in [0.29, 0.717) is 19.6 Å². The third kappa shape index (κ3) is 5.77. The van der Waals surface area contributed by atoms with Crippen LogP contribution in [-0.4, -0.2) is 79.8 Å². The fraction of sp³-hybridized carbons (Fsp3) is 0.679. The van der Waals surface area contributed by atoms with Gasteiger partial charge in [0, 0.05) is 45.8 Å². The number of thioether (sulfide) groups is 2. The number of carbonyl (C=O) groups excluding carboxylic acids is 3. The smallest absolute Gasteiger partial charge is 0.322 e. The van der Waals surface area contributed by atoms with Crippen molar-refractivity contribution < 1.29 is 15.8 Å². The topological polar surface area (TPSA) is 73.0 Å². The molecule has 0 saturated carbocycles. The van der Waals surface area contributed by atoms with Gasteiger partial charge in [-0.25, -0.2) is 4.79 Å². The molecule has 9 heteroatoms. The molecule has 1 atom stereocenters. The van der Waals surface area contributed by atoms with Crippen LogP contribution in [0.1, 0.15) is 66.3 Å². The molecule has 4 aliphatic rings. The number of hydrogen-bond donors (Lipinski definition) is 1. The number of urea groups is 1. The number of fused-ring (bicyclic) bond motifs is 1. The minimum absolute atomic E-state index is 0. The van der Waals surface area contributed by atoms with E-state index in [1.165, 1.54) is 0 Å². The molecule has 0 radical (unpaired) electrons. The lowest BCUT2D eigenvalue weighted by molar-refractivity contribution is -0.138. The molecule has 37 heavy (non-hydrogen) atoms. The Hall–Kier alpha value is -1.87. The first kappa shape index (κ1) is 26.7. The lowest BCUT2D eigenvalue weighted by Crippen LogP contribution is -2.51. The van der Waals surface area contributed by atoms with Crippen molar-refractivity contribution in [2.75, 3.05) is 36.5 Å². The number of benzene rings is 1. The van der Waals surface area contributed by atoms with Crippen molar-refractivity contribution in [2.45, 2.75) is 82.0 Å². The van der Waals surface area contributed by atoms with Crippen LogP contribution < -0.4 is 5.32 Å². The SMILES string of the molecule is CC(C)(C)CCN1C(=O)C(CC(=O)N2CCC(N3Cc4ccccc4NC3=O)CC2)SC12CCSCC2.[HH]. The second-order valence-corrected chi connectivity index (χ2v) is 14.8. The average molecular weight is 547 g/mol. The summed E-state index contributed by atoms with van der Waals surface area (Å²) in [4.78, 5) is 45.5. The Morgan fingerprint density at radius 1 is 1.14 bits per heavy atom. The molecule has 1 aromatic carbocycles. The lowest BCUT2D eigenvalue weighted by atomic mass is 9.91. The third-order valence-corrected chi connectivity index (χ3v) is 10.9. The number of para-hydroxylation sites is 1. The molecule has 4 aliphatic heterocycles. The van der Waals surface area contributed by atoms with Gasteiger partial charge in [0.2, 0.25) is 11.8 Å². The van der Waals surface area contributed by atoms with E-state index in [0.717, 1.165) is 61.4 Å². The number of nitrogens with zero attached hydrogens (tertiary/aromatic N) is 3. The summed E-state index contributed by atoms with van der Waals surface area (Å²) < 4.78 is 0. The van der Waals surface area contributed by atoms with E-state index in [1.807, 2.05) is 39.8 Å². The number of amides is 4. The number of likely N-dealkylation sites (tertiary alicyclic amines) is 1. The van der Waals surface area contributed by atoms with Crippen LogP contribution in [0.2, 0.25) is 0 Å². The molecule has 5 rings (SSSR count). The largest absolute Gasteiger partial charge is 0.342 e. The third-order valence-electron chi connectivity index (χ3n) is 8.23. The van der Waals surface area contributed by atoms with E-state index in [2.05, 4.69) is 37.1 Å². The number of anilines is 1. The summed E-state index contributed by atoms with van der Waals surface area (Å²) >= 11 is 3.73. The van der Waals surface area contributed by atoms with Gasteiger partial charge in [-0.05, 0) is 60.7 Å². The zero-order valence-electron chi connectivity index (χ0n) is 22.3. The van der Waals surface area contributed by atoms with Crippen LogP contribution in [-0.2, 0) is 16.1 Å². The molecule has 1 unspecified atom stereocenters. The van der Waals surface area contributed by atoms with Gasteiger partial charge in [-0.2, -0.15) is 11.8 Å². The quantitative estimate of drug-likeness (QED) is 0.545. The van der Waals surface area contributed by atoms with E-state index in [4.69, 9.17) is 0 Å². The Morgan fingerprint density at radius 2 is 1.84 bits per heavy atom. The van der Waals surface area contributed by atoms with Crippen molar-refractivity contribution in [2.24, 2.45) is 5.41 Å². The standard InChI is InChI=1S/C28H40N4O3S2.H2/c1-27(2,3)10-15-32-25(34)23(37-28(32)11-16-36-17-12-28)18-24(33)30-13-8-21(9-14-30)31-19-20-6-4-5-7-22(20)29-26(31)35;/h4-7,21,23H,8-19H2,1-3H3,(H,29,35);1H. The summed E-state index contributed by atoms with van der Waals surface area (Å²) in [7, 11) is 0. The van der Waals surface area contributed by atoms with Gasteiger partial charge in [0.1, 0.15) is 0 Å². The Kier molecular flexibility index (Phi) is 7.74. The van der Waals surface area contributed by atoms with Gasteiger partial charge >= 0.3 is 6.03 Å². The highest BCUT2D eigenvalue weighted by Crippen LogP contribution is 2.50. The minimum Gasteiger partial charge on any atom is -0.342 e. The highest BCUT2D eigenvalue weighted by molar-refractivity contribution is 8.03. The molecule has 1 N–H and O–H groups in total. The van der Waals surface area contributed by atoms with Crippen LogP contribution in [0.3, 0.4) is 0 Å². The van der Waals surface area contributed by atoms with Crippen molar-refractivity contribution >= 4 is 47.1 Å². The number of piperidine rings is 1. The highest BCUT2D eigenvalue weighted by atomic mass is 32.2. The van der Waals surface area contributed by atoms with Gasteiger partial charge in [-0.15, -0.1) is 11.8 Å². The van der Waals surface area contributed by atoms with Crippen LogP contribution in [0.25, 0.3) is 0 Å². The summed E-state index contributed by atoms with van der Waals surface area (Å²) in [5.74, 6) is 2.40. The van der Waals surface area contributed by atoms with E-state index >= 15 is 0 Å². The molecule has 1 spiro atoms. The van der Waals surface area contributed by atoms with Crippen molar-refractivity contribution in [1.29, 1.82) is 0 Å². The van der Waals surface area contributed by atoms with E-state index in [9.17, 15) is 14.4 Å². The van der Waals surface area contributed by atoms with Crippen LogP contribution in [0, 0.1) is 5.41 Å². The fourth-order valence-corrected chi connectivity index (χ4v) is 9.11. The summed E-state index contributed by atoms with van der Waals surface area (Å²) in [6, 6.07) is 8.00. The van der Waals surface area contributed by atoms with Gasteiger partial charge in [0.05, 0.1) is 10.1 Å². The van der Waals surface area contributed by atoms with E-state index in [-0.39, 0.29) is 47.3 Å². The monoisotopic (exact) mass is 546 g/mol. The van der Waals surface area contributed by atoms with Crippen molar-refractivity contribution in [1.82, 2.24) is 14.7 Å². The predicted molar refractivity (Wildman–Crippen MR) is 154 cm³/mol. The molecular weight excluding hydrogens is 504 g/mol. The minimum atomic E-state index is -0.280. The normalized spacial score (nSPS) is 24.4. The molecule has 0 aromatic heterocycles. The second kappa shape index (κ2) is 10.7. The first-order valence-electron chi connectivity index (χ1n) is 13.7. The molecule has 7 nitrogen and oxygen atoms in total. The maximum atomic E-state index is 13.6. The maximum absolute atomic E-state index is 13.6. The van der Waals surface area contributed by atoms with Crippen molar-refractivity contribution in [3.05, 3.63) is 29.8 Å². The summed E-state index contributed by atoms with van der Waals surface area (Å²) in [6.45, 7) is 9.32. The number of nitrogens with one attached hydrogen (secondary N) is 1. The number of hydrogen-bond acceptors (Lipinski definition) is 5. The lowest BCUT2D eigenvalue weighted by Gasteiger charge is -2.41. The fourth-order valence-electron chi connectivity index (χ4n) is 5.95. The van der Waals surface area contributed by atoms with Crippen LogP contribution in [0.4, 0.5) is 10.5 Å². The van der Waals surface area contributed by atoms with Crippen LogP contribution >= 0.6 is 23.5 Å². The summed E-state index contributed by atoms with van der Waals surface area (Å²) in [6.07, 6.45) is 4.81. The van der Waals surface area contributed by atoms with Gasteiger partial charge in [0.15, 0.2) is 0 Å². The predicted octanol–water partition coefficient (Wildman–Crippen LogP) is 5.26.